The molecule has 4 rings (SSSR count). The normalized spacial score (nSPS) is 22.3. The Kier molecular flexibility index (Phi) is 5.29. The van der Waals surface area contributed by atoms with Crippen molar-refractivity contribution < 1.29 is 0 Å². The summed E-state index contributed by atoms with van der Waals surface area (Å²) in [6.45, 7) is 11.2. The van der Waals surface area contributed by atoms with Crippen molar-refractivity contribution in [3.8, 4) is 0 Å². The maximum Gasteiger partial charge on any atom is 0.0759 e. The summed E-state index contributed by atoms with van der Waals surface area (Å²) in [6, 6.07) is 8.83. The first-order chi connectivity index (χ1) is 13.8. The van der Waals surface area contributed by atoms with Gasteiger partial charge in [-0.15, -0.1) is 0 Å². The van der Waals surface area contributed by atoms with Crippen molar-refractivity contribution in [3.63, 3.8) is 0 Å². The van der Waals surface area contributed by atoms with Gasteiger partial charge >= 0.3 is 0 Å². The Labute approximate surface area is 175 Å². The topological polar surface area (TPSA) is 24.7 Å². The Bertz CT molecular complexity index is 986. The van der Waals surface area contributed by atoms with Gasteiger partial charge in [0.2, 0.25) is 0 Å². The Morgan fingerprint density at radius 2 is 1.72 bits per heavy atom. The third-order valence-corrected chi connectivity index (χ3v) is 6.32. The van der Waals surface area contributed by atoms with Crippen molar-refractivity contribution in [2.45, 2.75) is 65.7 Å². The van der Waals surface area contributed by atoms with Crippen molar-refractivity contribution in [1.82, 2.24) is 0 Å². The quantitative estimate of drug-likeness (QED) is 0.531. The van der Waals surface area contributed by atoms with Gasteiger partial charge in [-0.05, 0) is 60.8 Å². The van der Waals surface area contributed by atoms with Crippen LogP contribution in [-0.2, 0) is 5.41 Å². The van der Waals surface area contributed by atoms with Gasteiger partial charge in [0.15, 0.2) is 0 Å². The summed E-state index contributed by atoms with van der Waals surface area (Å²) < 4.78 is 0. The predicted octanol–water partition coefficient (Wildman–Crippen LogP) is 7.09. The number of nitrogens with zero attached hydrogens (tertiary/aromatic N) is 2. The fraction of sp³-hybridized carbons (Fsp3) is 0.407. The summed E-state index contributed by atoms with van der Waals surface area (Å²) in [7, 11) is 0. The molecule has 2 nitrogen and oxygen atoms in total. The Hall–Kier alpha value is -2.48. The molecule has 2 aliphatic carbocycles. The standard InChI is InChI=1S/C27H32N2/c1-18-6-7-19(2)24(16-18)20-8-10-21(11-9-20)25-17-26(29-28-25)22-12-14-23(15-13-22)27(3,4)5/h8-10,12-16,21H,6-7,11,17H2,1-5H3. The van der Waals surface area contributed by atoms with Crippen molar-refractivity contribution in [3.05, 3.63) is 82.0 Å². The molecule has 1 atom stereocenters. The lowest BCUT2D eigenvalue weighted by molar-refractivity contribution is 0.590. The Morgan fingerprint density at radius 3 is 2.38 bits per heavy atom. The molecular formula is C27H32N2. The van der Waals surface area contributed by atoms with Crippen LogP contribution >= 0.6 is 0 Å². The van der Waals surface area contributed by atoms with Crippen LogP contribution in [0.2, 0.25) is 0 Å². The number of benzene rings is 1. The van der Waals surface area contributed by atoms with Crippen molar-refractivity contribution in [1.29, 1.82) is 0 Å². The van der Waals surface area contributed by atoms with Crippen LogP contribution in [0.15, 0.2) is 81.1 Å². The highest BCUT2D eigenvalue weighted by atomic mass is 15.2. The lowest BCUT2D eigenvalue weighted by Crippen LogP contribution is -2.16. The SMILES string of the molecule is CC1=CC(C2=CCC(C3=NN=C(c4ccc(C(C)(C)C)cc4)C3)C=C2)=C(C)CC1. The van der Waals surface area contributed by atoms with Gasteiger partial charge in [0, 0.05) is 12.3 Å². The highest BCUT2D eigenvalue weighted by Gasteiger charge is 2.23. The van der Waals surface area contributed by atoms with E-state index in [4.69, 9.17) is 0 Å². The van der Waals surface area contributed by atoms with E-state index < -0.39 is 0 Å². The first-order valence-corrected chi connectivity index (χ1v) is 10.8. The fourth-order valence-electron chi connectivity index (χ4n) is 4.25. The van der Waals surface area contributed by atoms with Gasteiger partial charge in [-0.3, -0.25) is 0 Å². The van der Waals surface area contributed by atoms with Gasteiger partial charge in [0.1, 0.15) is 0 Å². The van der Waals surface area contributed by atoms with E-state index in [1.54, 1.807) is 0 Å². The van der Waals surface area contributed by atoms with Gasteiger partial charge in [0.25, 0.3) is 0 Å². The first-order valence-electron chi connectivity index (χ1n) is 10.8. The molecule has 1 aliphatic heterocycles. The minimum absolute atomic E-state index is 0.175. The van der Waals surface area contributed by atoms with Crippen LogP contribution < -0.4 is 0 Å². The fourth-order valence-corrected chi connectivity index (χ4v) is 4.25. The summed E-state index contributed by atoms with van der Waals surface area (Å²) in [5.74, 6) is 0.364. The molecule has 0 spiro atoms. The van der Waals surface area contributed by atoms with Crippen LogP contribution in [0.1, 0.15) is 71.4 Å². The lowest BCUT2D eigenvalue weighted by Gasteiger charge is -2.21. The average Bonchev–Trinajstić information content (AvgIpc) is 3.20. The van der Waals surface area contributed by atoms with E-state index >= 15 is 0 Å². The molecule has 29 heavy (non-hydrogen) atoms. The van der Waals surface area contributed by atoms with Gasteiger partial charge in [0.05, 0.1) is 11.4 Å². The molecular weight excluding hydrogens is 352 g/mol. The molecule has 0 amide bonds. The zero-order valence-corrected chi connectivity index (χ0v) is 18.4. The summed E-state index contributed by atoms with van der Waals surface area (Å²) in [6.07, 6.45) is 13.6. The highest BCUT2D eigenvalue weighted by molar-refractivity contribution is 6.16. The zero-order valence-electron chi connectivity index (χ0n) is 18.4. The van der Waals surface area contributed by atoms with Crippen molar-refractivity contribution in [2.24, 2.45) is 16.1 Å². The predicted molar refractivity (Wildman–Crippen MR) is 125 cm³/mol. The van der Waals surface area contributed by atoms with E-state index in [1.165, 1.54) is 52.0 Å². The molecule has 150 valence electrons. The van der Waals surface area contributed by atoms with Crippen LogP contribution in [-0.4, -0.2) is 11.4 Å². The molecule has 1 aromatic carbocycles. The van der Waals surface area contributed by atoms with Gasteiger partial charge in [-0.25, -0.2) is 0 Å². The van der Waals surface area contributed by atoms with E-state index in [2.05, 4.69) is 93.4 Å². The second kappa shape index (κ2) is 7.74. The second-order valence-corrected chi connectivity index (χ2v) is 9.69. The maximum atomic E-state index is 4.55. The summed E-state index contributed by atoms with van der Waals surface area (Å²) in [5.41, 5.74) is 10.8. The maximum absolute atomic E-state index is 4.55. The van der Waals surface area contributed by atoms with Crippen LogP contribution in [0.3, 0.4) is 0 Å². The van der Waals surface area contributed by atoms with E-state index in [9.17, 15) is 0 Å². The molecule has 1 unspecified atom stereocenters. The second-order valence-electron chi connectivity index (χ2n) is 9.69. The van der Waals surface area contributed by atoms with Crippen LogP contribution in [0.5, 0.6) is 0 Å². The number of rotatable bonds is 3. The largest absolute Gasteiger partial charge is 0.159 e. The Balaban J connectivity index is 1.41. The van der Waals surface area contributed by atoms with Gasteiger partial charge < -0.3 is 0 Å². The molecule has 3 aliphatic rings. The highest BCUT2D eigenvalue weighted by Crippen LogP contribution is 2.33. The molecule has 0 fully saturated rings. The molecule has 2 heteroatoms. The minimum Gasteiger partial charge on any atom is -0.159 e. The third-order valence-electron chi connectivity index (χ3n) is 6.32. The Morgan fingerprint density at radius 1 is 0.966 bits per heavy atom. The molecule has 0 saturated heterocycles. The van der Waals surface area contributed by atoms with Crippen LogP contribution in [0, 0.1) is 5.92 Å². The van der Waals surface area contributed by atoms with Crippen molar-refractivity contribution >= 4 is 11.4 Å². The lowest BCUT2D eigenvalue weighted by atomic mass is 9.83. The van der Waals surface area contributed by atoms with Crippen LogP contribution in [0.4, 0.5) is 0 Å². The third kappa shape index (κ3) is 4.27. The number of allylic oxidation sites excluding steroid dienone is 8. The average molecular weight is 385 g/mol. The smallest absolute Gasteiger partial charge is 0.0759 e. The zero-order chi connectivity index (χ0) is 20.6. The molecule has 1 heterocycles. The number of hydrogen-bond donors (Lipinski definition) is 0. The first kappa shape index (κ1) is 19.8. The van der Waals surface area contributed by atoms with Crippen molar-refractivity contribution in [2.75, 3.05) is 0 Å². The summed E-state index contributed by atoms with van der Waals surface area (Å²) in [4.78, 5) is 0. The molecule has 0 bridgehead atoms. The minimum atomic E-state index is 0.175. The molecule has 0 N–H and O–H groups in total. The molecule has 1 aromatic rings. The summed E-state index contributed by atoms with van der Waals surface area (Å²) in [5, 5.41) is 9.07. The number of hydrogen-bond acceptors (Lipinski definition) is 2. The molecule has 0 radical (unpaired) electrons. The van der Waals surface area contributed by atoms with E-state index in [0.29, 0.717) is 5.92 Å². The van der Waals surface area contributed by atoms with E-state index in [0.717, 1.165) is 18.6 Å². The monoisotopic (exact) mass is 384 g/mol. The van der Waals surface area contributed by atoms with E-state index in [1.807, 2.05) is 0 Å². The van der Waals surface area contributed by atoms with Crippen LogP contribution in [0.25, 0.3) is 0 Å². The molecule has 0 saturated carbocycles. The molecule has 0 aromatic heterocycles. The van der Waals surface area contributed by atoms with E-state index in [-0.39, 0.29) is 5.41 Å². The van der Waals surface area contributed by atoms with Gasteiger partial charge in [-0.2, -0.15) is 10.2 Å². The van der Waals surface area contributed by atoms with Gasteiger partial charge in [-0.1, -0.05) is 80.5 Å². The summed E-state index contributed by atoms with van der Waals surface area (Å²) >= 11 is 0.